The molecule has 6 heteroatoms. The SMILES string of the molecule is O=C(COC(=O)/C=C/c1ccc(F)cc1)Nc1ccccc1C(=O)c1ccccc1. The molecule has 0 aliphatic rings. The Labute approximate surface area is 172 Å². The summed E-state index contributed by atoms with van der Waals surface area (Å²) in [6.07, 6.45) is 2.60. The second kappa shape index (κ2) is 9.93. The molecule has 0 unspecified atom stereocenters. The molecule has 3 aromatic rings. The summed E-state index contributed by atoms with van der Waals surface area (Å²) in [6.45, 7) is -0.513. The number of ketones is 1. The van der Waals surface area contributed by atoms with Crippen molar-refractivity contribution in [3.05, 3.63) is 107 Å². The van der Waals surface area contributed by atoms with Crippen LogP contribution in [-0.4, -0.2) is 24.3 Å². The number of hydrogen-bond acceptors (Lipinski definition) is 4. The van der Waals surface area contributed by atoms with Crippen molar-refractivity contribution in [3.8, 4) is 0 Å². The molecule has 3 rings (SSSR count). The molecule has 0 saturated heterocycles. The number of para-hydroxylation sites is 1. The van der Waals surface area contributed by atoms with Crippen LogP contribution in [0.25, 0.3) is 6.08 Å². The van der Waals surface area contributed by atoms with Crippen LogP contribution < -0.4 is 5.32 Å². The van der Waals surface area contributed by atoms with Gasteiger partial charge in [0.2, 0.25) is 0 Å². The monoisotopic (exact) mass is 403 g/mol. The first-order valence-electron chi connectivity index (χ1n) is 9.12. The van der Waals surface area contributed by atoms with Crippen LogP contribution in [0.15, 0.2) is 84.9 Å². The van der Waals surface area contributed by atoms with E-state index >= 15 is 0 Å². The molecule has 1 N–H and O–H groups in total. The van der Waals surface area contributed by atoms with Gasteiger partial charge in [0.15, 0.2) is 12.4 Å². The molecular weight excluding hydrogens is 385 g/mol. The summed E-state index contributed by atoms with van der Waals surface area (Å²) < 4.78 is 17.8. The molecule has 0 aliphatic heterocycles. The maximum Gasteiger partial charge on any atom is 0.331 e. The van der Waals surface area contributed by atoms with Crippen molar-refractivity contribution in [3.63, 3.8) is 0 Å². The van der Waals surface area contributed by atoms with Gasteiger partial charge < -0.3 is 10.1 Å². The third-order valence-corrected chi connectivity index (χ3v) is 4.11. The molecule has 0 fully saturated rings. The van der Waals surface area contributed by atoms with Crippen LogP contribution in [0, 0.1) is 5.82 Å². The minimum Gasteiger partial charge on any atom is -0.452 e. The average Bonchev–Trinajstić information content (AvgIpc) is 2.78. The highest BCUT2D eigenvalue weighted by molar-refractivity contribution is 6.13. The van der Waals surface area contributed by atoms with E-state index in [2.05, 4.69) is 5.32 Å². The zero-order valence-electron chi connectivity index (χ0n) is 15.9. The molecule has 0 saturated carbocycles. The van der Waals surface area contributed by atoms with Crippen LogP contribution in [0.4, 0.5) is 10.1 Å². The van der Waals surface area contributed by atoms with E-state index < -0.39 is 18.5 Å². The highest BCUT2D eigenvalue weighted by Crippen LogP contribution is 2.19. The molecule has 5 nitrogen and oxygen atoms in total. The molecule has 0 atom stereocenters. The Morgan fingerprint density at radius 2 is 1.53 bits per heavy atom. The van der Waals surface area contributed by atoms with E-state index in [9.17, 15) is 18.8 Å². The Bertz CT molecular complexity index is 1080. The van der Waals surface area contributed by atoms with E-state index in [1.54, 1.807) is 48.5 Å². The van der Waals surface area contributed by atoms with Crippen molar-refractivity contribution in [2.45, 2.75) is 0 Å². The normalized spacial score (nSPS) is 10.6. The number of esters is 1. The van der Waals surface area contributed by atoms with Gasteiger partial charge in [0.05, 0.1) is 5.69 Å². The third-order valence-electron chi connectivity index (χ3n) is 4.11. The molecule has 0 heterocycles. The van der Waals surface area contributed by atoms with E-state index in [0.29, 0.717) is 22.4 Å². The minimum atomic E-state index is -0.719. The Kier molecular flexibility index (Phi) is 6.84. The van der Waals surface area contributed by atoms with Crippen LogP contribution in [0.1, 0.15) is 21.5 Å². The highest BCUT2D eigenvalue weighted by atomic mass is 19.1. The Morgan fingerprint density at radius 3 is 2.27 bits per heavy atom. The maximum atomic E-state index is 12.9. The Morgan fingerprint density at radius 1 is 0.867 bits per heavy atom. The fourth-order valence-corrected chi connectivity index (χ4v) is 2.64. The van der Waals surface area contributed by atoms with Gasteiger partial charge in [0.25, 0.3) is 5.91 Å². The molecule has 30 heavy (non-hydrogen) atoms. The third kappa shape index (κ3) is 5.72. The lowest BCUT2D eigenvalue weighted by molar-refractivity contribution is -0.142. The van der Waals surface area contributed by atoms with E-state index in [-0.39, 0.29) is 11.6 Å². The lowest BCUT2D eigenvalue weighted by Crippen LogP contribution is -2.21. The summed E-state index contributed by atoms with van der Waals surface area (Å²) >= 11 is 0. The highest BCUT2D eigenvalue weighted by Gasteiger charge is 2.15. The fourth-order valence-electron chi connectivity index (χ4n) is 2.64. The molecule has 1 amide bonds. The number of anilines is 1. The number of amides is 1. The first-order chi connectivity index (χ1) is 14.5. The van der Waals surface area contributed by atoms with Gasteiger partial charge in [-0.05, 0) is 35.9 Å². The van der Waals surface area contributed by atoms with Gasteiger partial charge in [0, 0.05) is 17.2 Å². The molecular formula is C24H18FNO4. The van der Waals surface area contributed by atoms with Gasteiger partial charge in [-0.3, -0.25) is 9.59 Å². The standard InChI is InChI=1S/C24H18FNO4/c25-19-13-10-17(11-14-19)12-15-23(28)30-16-22(27)26-21-9-5-4-8-20(21)24(29)18-6-2-1-3-7-18/h1-15H,16H2,(H,26,27)/b15-12+. The van der Waals surface area contributed by atoms with Gasteiger partial charge in [0.1, 0.15) is 5.82 Å². The van der Waals surface area contributed by atoms with Crippen LogP contribution in [-0.2, 0) is 14.3 Å². The largest absolute Gasteiger partial charge is 0.452 e. The van der Waals surface area contributed by atoms with Gasteiger partial charge in [-0.2, -0.15) is 0 Å². The Hall–Kier alpha value is -4.06. The van der Waals surface area contributed by atoms with Gasteiger partial charge >= 0.3 is 5.97 Å². The number of nitrogens with one attached hydrogen (secondary N) is 1. The van der Waals surface area contributed by atoms with E-state index in [1.165, 1.54) is 30.3 Å². The predicted octanol–water partition coefficient (Wildman–Crippen LogP) is 4.25. The predicted molar refractivity (Wildman–Crippen MR) is 111 cm³/mol. The fraction of sp³-hybridized carbons (Fsp3) is 0.0417. The lowest BCUT2D eigenvalue weighted by atomic mass is 10.0. The van der Waals surface area contributed by atoms with Crippen molar-refractivity contribution in [1.82, 2.24) is 0 Å². The molecule has 0 aliphatic carbocycles. The topological polar surface area (TPSA) is 72.5 Å². The van der Waals surface area contributed by atoms with E-state index in [4.69, 9.17) is 4.74 Å². The summed E-state index contributed by atoms with van der Waals surface area (Å²) in [5.74, 6) is -1.90. The van der Waals surface area contributed by atoms with Crippen LogP contribution in [0.2, 0.25) is 0 Å². The Balaban J connectivity index is 1.58. The average molecular weight is 403 g/mol. The molecule has 0 aromatic heterocycles. The van der Waals surface area contributed by atoms with Gasteiger partial charge in [-0.1, -0.05) is 54.6 Å². The summed E-state index contributed by atoms with van der Waals surface area (Å²) in [6, 6.07) is 20.9. The summed E-state index contributed by atoms with van der Waals surface area (Å²) in [5.41, 5.74) is 1.77. The van der Waals surface area contributed by atoms with Crippen molar-refractivity contribution in [2.75, 3.05) is 11.9 Å². The number of rotatable bonds is 7. The van der Waals surface area contributed by atoms with Crippen LogP contribution >= 0.6 is 0 Å². The zero-order chi connectivity index (χ0) is 21.3. The van der Waals surface area contributed by atoms with Gasteiger partial charge in [-0.25, -0.2) is 9.18 Å². The first-order valence-corrected chi connectivity index (χ1v) is 9.12. The number of hydrogen-bond donors (Lipinski definition) is 1. The van der Waals surface area contributed by atoms with E-state index in [1.807, 2.05) is 6.07 Å². The summed E-state index contributed by atoms with van der Waals surface area (Å²) in [7, 11) is 0. The molecule has 0 spiro atoms. The van der Waals surface area contributed by atoms with Crippen molar-refractivity contribution in [1.29, 1.82) is 0 Å². The quantitative estimate of drug-likeness (QED) is 0.364. The number of ether oxygens (including phenoxy) is 1. The molecule has 3 aromatic carbocycles. The first kappa shape index (κ1) is 20.7. The van der Waals surface area contributed by atoms with Crippen molar-refractivity contribution in [2.24, 2.45) is 0 Å². The maximum absolute atomic E-state index is 12.9. The smallest absolute Gasteiger partial charge is 0.331 e. The summed E-state index contributed by atoms with van der Waals surface area (Å²) in [5, 5.41) is 2.59. The molecule has 150 valence electrons. The molecule has 0 bridgehead atoms. The second-order valence-electron chi connectivity index (χ2n) is 6.28. The lowest BCUT2D eigenvalue weighted by Gasteiger charge is -2.10. The van der Waals surface area contributed by atoms with Gasteiger partial charge in [-0.15, -0.1) is 0 Å². The minimum absolute atomic E-state index is 0.231. The zero-order valence-corrected chi connectivity index (χ0v) is 15.9. The molecule has 0 radical (unpaired) electrons. The number of halogens is 1. The number of carbonyl (C=O) groups is 3. The number of carbonyl (C=O) groups excluding carboxylic acids is 3. The summed E-state index contributed by atoms with van der Waals surface area (Å²) in [4.78, 5) is 36.6. The van der Waals surface area contributed by atoms with Crippen molar-refractivity contribution >= 4 is 29.4 Å². The van der Waals surface area contributed by atoms with E-state index in [0.717, 1.165) is 6.08 Å². The second-order valence-corrected chi connectivity index (χ2v) is 6.28. The van der Waals surface area contributed by atoms with Crippen LogP contribution in [0.3, 0.4) is 0 Å². The van der Waals surface area contributed by atoms with Crippen molar-refractivity contribution < 1.29 is 23.5 Å². The van der Waals surface area contributed by atoms with Crippen LogP contribution in [0.5, 0.6) is 0 Å². The number of benzene rings is 3.